The van der Waals surface area contributed by atoms with E-state index in [4.69, 9.17) is 13.9 Å². The van der Waals surface area contributed by atoms with Crippen LogP contribution in [-0.2, 0) is 9.47 Å². The maximum atomic E-state index is 12.3. The molecule has 5 nitrogen and oxygen atoms in total. The Balaban J connectivity index is 1.25. The molecule has 0 N–H and O–H groups in total. The zero-order valence-corrected chi connectivity index (χ0v) is 14.0. The summed E-state index contributed by atoms with van der Waals surface area (Å²) in [5, 5.41) is 0. The van der Waals surface area contributed by atoms with Crippen molar-refractivity contribution >= 4 is 11.9 Å². The third-order valence-corrected chi connectivity index (χ3v) is 4.47. The first-order chi connectivity index (χ1) is 13.2. The Morgan fingerprint density at radius 3 is 1.63 bits per heavy atom. The molecule has 1 heterocycles. The summed E-state index contributed by atoms with van der Waals surface area (Å²) in [5.41, 5.74) is 3.69. The van der Waals surface area contributed by atoms with Gasteiger partial charge >= 0.3 is 11.9 Å². The first-order valence-corrected chi connectivity index (χ1v) is 8.35. The third kappa shape index (κ3) is 2.57. The second-order valence-corrected chi connectivity index (χ2v) is 6.13. The Bertz CT molecular complexity index is 1050. The van der Waals surface area contributed by atoms with E-state index in [0.717, 1.165) is 22.3 Å². The van der Waals surface area contributed by atoms with Crippen LogP contribution < -0.4 is 0 Å². The number of fused-ring (bicyclic) bond motifs is 2. The second-order valence-electron chi connectivity index (χ2n) is 6.13. The maximum Gasteiger partial charge on any atom is 0.379 e. The first kappa shape index (κ1) is 15.4. The van der Waals surface area contributed by atoms with Gasteiger partial charge in [0.2, 0.25) is 11.5 Å². The molecule has 5 heteroatoms. The number of furan rings is 1. The van der Waals surface area contributed by atoms with E-state index in [0.29, 0.717) is 11.5 Å². The van der Waals surface area contributed by atoms with Crippen LogP contribution in [0.15, 0.2) is 111 Å². The van der Waals surface area contributed by atoms with Crippen LogP contribution in [0.4, 0.5) is 0 Å². The molecule has 0 spiro atoms. The molecule has 0 amide bonds. The van der Waals surface area contributed by atoms with E-state index >= 15 is 0 Å². The highest BCUT2D eigenvalue weighted by molar-refractivity contribution is 5.92. The molecule has 0 bridgehead atoms. The van der Waals surface area contributed by atoms with Crippen molar-refractivity contribution in [1.82, 2.24) is 0 Å². The molecule has 1 aromatic heterocycles. The first-order valence-electron chi connectivity index (χ1n) is 8.35. The normalized spacial score (nSPS) is 18.2. The molecular formula is C22H12O5. The van der Waals surface area contributed by atoms with E-state index in [-0.39, 0.29) is 11.5 Å². The number of ether oxygens (including phenoxy) is 2. The summed E-state index contributed by atoms with van der Waals surface area (Å²) in [4.78, 5) is 24.6. The SMILES string of the molecule is O=C(OC1=CC=C2C=CC=C21)c1ccc(C(=O)OC2=CC=C3C=CC=C32)o1. The average molecular weight is 356 g/mol. The highest BCUT2D eigenvalue weighted by Crippen LogP contribution is 2.33. The Morgan fingerprint density at radius 2 is 1.15 bits per heavy atom. The number of carbonyl (C=O) groups is 2. The largest absolute Gasteiger partial charge is 0.442 e. The lowest BCUT2D eigenvalue weighted by Crippen LogP contribution is -2.06. The number of carbonyl (C=O) groups excluding carboxylic acids is 2. The van der Waals surface area contributed by atoms with Gasteiger partial charge in [0, 0.05) is 11.1 Å². The Hall–Kier alpha value is -3.86. The van der Waals surface area contributed by atoms with Crippen molar-refractivity contribution < 1.29 is 23.5 Å². The number of esters is 2. The van der Waals surface area contributed by atoms with Gasteiger partial charge in [-0.2, -0.15) is 0 Å². The minimum Gasteiger partial charge on any atom is -0.442 e. The molecule has 0 atom stereocenters. The van der Waals surface area contributed by atoms with Gasteiger partial charge < -0.3 is 13.9 Å². The number of hydrogen-bond donors (Lipinski definition) is 0. The number of hydrogen-bond acceptors (Lipinski definition) is 5. The van der Waals surface area contributed by atoms with E-state index in [9.17, 15) is 9.59 Å². The number of allylic oxidation sites excluding steroid dienone is 12. The standard InChI is InChI=1S/C22H12O5/c23-21(26-17-9-7-13-3-1-5-15(13)17)19-11-12-20(25-19)22(24)27-18-10-8-14-4-2-6-16(14)18/h1-12H. The van der Waals surface area contributed by atoms with Crippen LogP contribution in [-0.4, -0.2) is 11.9 Å². The average Bonchev–Trinajstić information content (AvgIpc) is 3.44. The summed E-state index contributed by atoms with van der Waals surface area (Å²) < 4.78 is 16.1. The Labute approximate surface area is 154 Å². The van der Waals surface area contributed by atoms with E-state index in [1.54, 1.807) is 12.2 Å². The van der Waals surface area contributed by atoms with Crippen LogP contribution >= 0.6 is 0 Å². The van der Waals surface area contributed by atoms with E-state index in [1.807, 2.05) is 48.6 Å². The monoisotopic (exact) mass is 356 g/mol. The van der Waals surface area contributed by atoms with Crippen LogP contribution in [0.1, 0.15) is 21.1 Å². The molecular weight excluding hydrogens is 344 g/mol. The lowest BCUT2D eigenvalue weighted by atomic mass is 10.2. The molecule has 0 saturated carbocycles. The summed E-state index contributed by atoms with van der Waals surface area (Å²) in [7, 11) is 0. The quantitative estimate of drug-likeness (QED) is 0.755. The van der Waals surface area contributed by atoms with Crippen LogP contribution in [0, 0.1) is 0 Å². The van der Waals surface area contributed by atoms with Crippen molar-refractivity contribution in [3.8, 4) is 0 Å². The van der Waals surface area contributed by atoms with Gasteiger partial charge in [-0.15, -0.1) is 0 Å². The van der Waals surface area contributed by atoms with E-state index < -0.39 is 11.9 Å². The molecule has 0 radical (unpaired) electrons. The van der Waals surface area contributed by atoms with Crippen LogP contribution in [0.25, 0.3) is 0 Å². The molecule has 4 aliphatic carbocycles. The Kier molecular flexibility index (Phi) is 3.33. The van der Waals surface area contributed by atoms with Crippen molar-refractivity contribution in [2.75, 3.05) is 0 Å². The zero-order chi connectivity index (χ0) is 18.4. The van der Waals surface area contributed by atoms with Gasteiger partial charge in [0.15, 0.2) is 0 Å². The molecule has 27 heavy (non-hydrogen) atoms. The van der Waals surface area contributed by atoms with Crippen LogP contribution in [0.2, 0.25) is 0 Å². The van der Waals surface area contributed by atoms with Crippen molar-refractivity contribution in [2.24, 2.45) is 0 Å². The minimum atomic E-state index is -0.672. The van der Waals surface area contributed by atoms with Gasteiger partial charge in [0.25, 0.3) is 0 Å². The van der Waals surface area contributed by atoms with Crippen molar-refractivity contribution in [1.29, 1.82) is 0 Å². The zero-order valence-electron chi connectivity index (χ0n) is 14.0. The molecule has 4 aliphatic rings. The third-order valence-electron chi connectivity index (χ3n) is 4.47. The highest BCUT2D eigenvalue weighted by Gasteiger charge is 2.25. The van der Waals surface area contributed by atoms with Gasteiger partial charge in [0.05, 0.1) is 0 Å². The summed E-state index contributed by atoms with van der Waals surface area (Å²) in [6, 6.07) is 2.79. The summed E-state index contributed by atoms with van der Waals surface area (Å²) in [5.74, 6) is -0.566. The smallest absolute Gasteiger partial charge is 0.379 e. The van der Waals surface area contributed by atoms with Gasteiger partial charge in [-0.3, -0.25) is 0 Å². The van der Waals surface area contributed by atoms with Crippen LogP contribution in [0.3, 0.4) is 0 Å². The summed E-state index contributed by atoms with van der Waals surface area (Å²) in [6.07, 6.45) is 18.6. The van der Waals surface area contributed by atoms with Gasteiger partial charge in [-0.25, -0.2) is 9.59 Å². The molecule has 0 fully saturated rings. The van der Waals surface area contributed by atoms with Crippen molar-refractivity contribution in [2.45, 2.75) is 0 Å². The fraction of sp³-hybridized carbons (Fsp3) is 0. The lowest BCUT2D eigenvalue weighted by Gasteiger charge is -2.06. The second kappa shape index (κ2) is 5.85. The van der Waals surface area contributed by atoms with Gasteiger partial charge in [0.1, 0.15) is 11.5 Å². The molecule has 0 aromatic carbocycles. The summed E-state index contributed by atoms with van der Waals surface area (Å²) >= 11 is 0. The predicted molar refractivity (Wildman–Crippen MR) is 96.3 cm³/mol. The van der Waals surface area contributed by atoms with E-state index in [2.05, 4.69) is 0 Å². The molecule has 130 valence electrons. The molecule has 0 aliphatic heterocycles. The van der Waals surface area contributed by atoms with Gasteiger partial charge in [-0.05, 0) is 35.4 Å². The maximum absolute atomic E-state index is 12.3. The number of rotatable bonds is 4. The molecule has 5 rings (SSSR count). The topological polar surface area (TPSA) is 65.7 Å². The summed E-state index contributed by atoms with van der Waals surface area (Å²) in [6.45, 7) is 0. The van der Waals surface area contributed by atoms with E-state index in [1.165, 1.54) is 12.1 Å². The fourth-order valence-electron chi connectivity index (χ4n) is 3.15. The predicted octanol–water partition coefficient (Wildman–Crippen LogP) is 4.23. The lowest BCUT2D eigenvalue weighted by molar-refractivity contribution is 0.0567. The minimum absolute atomic E-state index is 0.0659. The van der Waals surface area contributed by atoms with Crippen LogP contribution in [0.5, 0.6) is 0 Å². The fourth-order valence-corrected chi connectivity index (χ4v) is 3.15. The highest BCUT2D eigenvalue weighted by atomic mass is 16.6. The molecule has 1 aromatic rings. The van der Waals surface area contributed by atoms with Gasteiger partial charge in [-0.1, -0.05) is 48.6 Å². The molecule has 0 unspecified atom stereocenters. The van der Waals surface area contributed by atoms with Crippen molar-refractivity contribution in [3.05, 3.63) is 118 Å². The molecule has 0 saturated heterocycles. The van der Waals surface area contributed by atoms with Crippen molar-refractivity contribution in [3.63, 3.8) is 0 Å². The Morgan fingerprint density at radius 1 is 0.667 bits per heavy atom.